The SMILES string of the molecule is Cc1nnc2sc(C(=O)N3CCC(NC(=O)Oc4ccccc4)C3)c(N)c2c1C. The number of anilines is 1. The van der Waals surface area contributed by atoms with Crippen molar-refractivity contribution in [3.63, 3.8) is 0 Å². The number of nitrogens with zero attached hydrogens (tertiary/aromatic N) is 3. The van der Waals surface area contributed by atoms with E-state index < -0.39 is 6.09 Å². The van der Waals surface area contributed by atoms with E-state index in [0.29, 0.717) is 40.7 Å². The fourth-order valence-electron chi connectivity index (χ4n) is 3.40. The van der Waals surface area contributed by atoms with Crippen LogP contribution in [0.3, 0.4) is 0 Å². The maximum absolute atomic E-state index is 13.0. The lowest BCUT2D eigenvalue weighted by Gasteiger charge is -2.16. The lowest BCUT2D eigenvalue weighted by Crippen LogP contribution is -2.39. The number of hydrogen-bond donors (Lipinski definition) is 2. The molecule has 4 rings (SSSR count). The topological polar surface area (TPSA) is 110 Å². The summed E-state index contributed by atoms with van der Waals surface area (Å²) in [4.78, 5) is 27.9. The summed E-state index contributed by atoms with van der Waals surface area (Å²) in [5.41, 5.74) is 8.47. The zero-order chi connectivity index (χ0) is 20.5. The molecule has 29 heavy (non-hydrogen) atoms. The van der Waals surface area contributed by atoms with Gasteiger partial charge < -0.3 is 20.7 Å². The third-order valence-corrected chi connectivity index (χ3v) is 6.16. The van der Waals surface area contributed by atoms with Crippen LogP contribution in [0.25, 0.3) is 10.2 Å². The molecule has 3 N–H and O–H groups in total. The average Bonchev–Trinajstić information content (AvgIpc) is 3.30. The molecule has 2 aromatic heterocycles. The highest BCUT2D eigenvalue weighted by Gasteiger charge is 2.31. The third kappa shape index (κ3) is 3.73. The van der Waals surface area contributed by atoms with Crippen LogP contribution in [0.15, 0.2) is 30.3 Å². The molecule has 1 fully saturated rings. The molecule has 1 unspecified atom stereocenters. The number of thiophene rings is 1. The number of para-hydroxylation sites is 1. The number of nitrogens with one attached hydrogen (secondary N) is 1. The number of nitrogens with two attached hydrogens (primary N) is 1. The first-order valence-electron chi connectivity index (χ1n) is 9.28. The first-order valence-corrected chi connectivity index (χ1v) is 10.1. The van der Waals surface area contributed by atoms with Crippen molar-refractivity contribution < 1.29 is 14.3 Å². The molecule has 3 heterocycles. The first-order chi connectivity index (χ1) is 13.9. The van der Waals surface area contributed by atoms with E-state index in [2.05, 4.69) is 15.5 Å². The highest BCUT2D eigenvalue weighted by atomic mass is 32.1. The van der Waals surface area contributed by atoms with Crippen LogP contribution in [0, 0.1) is 13.8 Å². The van der Waals surface area contributed by atoms with Gasteiger partial charge in [-0.3, -0.25) is 4.79 Å². The first kappa shape index (κ1) is 19.1. The van der Waals surface area contributed by atoms with E-state index in [0.717, 1.165) is 16.6 Å². The zero-order valence-corrected chi connectivity index (χ0v) is 17.0. The number of fused-ring (bicyclic) bond motifs is 1. The van der Waals surface area contributed by atoms with Crippen LogP contribution in [0.5, 0.6) is 5.75 Å². The predicted molar refractivity (Wildman–Crippen MR) is 111 cm³/mol. The van der Waals surface area contributed by atoms with Crippen molar-refractivity contribution in [2.24, 2.45) is 0 Å². The lowest BCUT2D eigenvalue weighted by molar-refractivity contribution is 0.0794. The van der Waals surface area contributed by atoms with E-state index in [1.54, 1.807) is 29.2 Å². The number of likely N-dealkylation sites (tertiary alicyclic amines) is 1. The second-order valence-corrected chi connectivity index (χ2v) is 8.02. The third-order valence-electron chi connectivity index (χ3n) is 5.08. The fourth-order valence-corrected chi connectivity index (χ4v) is 4.47. The minimum Gasteiger partial charge on any atom is -0.410 e. The molecule has 1 atom stereocenters. The molecule has 9 heteroatoms. The van der Waals surface area contributed by atoms with Gasteiger partial charge in [-0.2, -0.15) is 5.10 Å². The normalized spacial score (nSPS) is 16.2. The average molecular weight is 411 g/mol. The van der Waals surface area contributed by atoms with Crippen molar-refractivity contribution in [3.8, 4) is 5.75 Å². The summed E-state index contributed by atoms with van der Waals surface area (Å²) in [6.45, 7) is 4.73. The van der Waals surface area contributed by atoms with E-state index >= 15 is 0 Å². The maximum Gasteiger partial charge on any atom is 0.412 e. The number of rotatable bonds is 3. The fraction of sp³-hybridized carbons (Fsp3) is 0.300. The number of benzene rings is 1. The van der Waals surface area contributed by atoms with Crippen molar-refractivity contribution in [1.82, 2.24) is 20.4 Å². The number of aromatic nitrogens is 2. The molecule has 2 amide bonds. The van der Waals surface area contributed by atoms with Gasteiger partial charge in [-0.05, 0) is 38.0 Å². The minimum absolute atomic E-state index is 0.150. The molecule has 3 aromatic rings. The Morgan fingerprint density at radius 1 is 1.24 bits per heavy atom. The second-order valence-electron chi connectivity index (χ2n) is 7.02. The quantitative estimate of drug-likeness (QED) is 0.686. The number of nitrogen functional groups attached to an aromatic ring is 1. The Kier molecular flexibility index (Phi) is 5.06. The molecule has 150 valence electrons. The molecule has 1 aliphatic heterocycles. The minimum atomic E-state index is -0.529. The molecular formula is C20H21N5O3S. The Labute approximate surface area is 171 Å². The Hall–Kier alpha value is -3.20. The van der Waals surface area contributed by atoms with Gasteiger partial charge in [0.05, 0.1) is 17.4 Å². The Bertz CT molecular complexity index is 1080. The highest BCUT2D eigenvalue weighted by molar-refractivity contribution is 7.21. The van der Waals surface area contributed by atoms with Crippen LogP contribution >= 0.6 is 11.3 Å². The van der Waals surface area contributed by atoms with E-state index in [9.17, 15) is 9.59 Å². The van der Waals surface area contributed by atoms with Gasteiger partial charge in [-0.1, -0.05) is 18.2 Å². The van der Waals surface area contributed by atoms with Crippen LogP contribution < -0.4 is 15.8 Å². The second kappa shape index (κ2) is 7.67. The predicted octanol–water partition coefficient (Wildman–Crippen LogP) is 2.89. The molecule has 0 aliphatic carbocycles. The number of amides is 2. The van der Waals surface area contributed by atoms with Crippen LogP contribution in [-0.4, -0.2) is 46.2 Å². The summed E-state index contributed by atoms with van der Waals surface area (Å²) in [5.74, 6) is 0.323. The van der Waals surface area contributed by atoms with Crippen molar-refractivity contribution in [2.75, 3.05) is 18.8 Å². The molecule has 0 bridgehead atoms. The molecule has 1 aromatic carbocycles. The van der Waals surface area contributed by atoms with Gasteiger partial charge in [-0.25, -0.2) is 4.79 Å². The Balaban J connectivity index is 1.43. The van der Waals surface area contributed by atoms with Crippen LogP contribution in [0.2, 0.25) is 0 Å². The Morgan fingerprint density at radius 2 is 2.00 bits per heavy atom. The summed E-state index contributed by atoms with van der Waals surface area (Å²) in [6.07, 6.45) is 0.122. The summed E-state index contributed by atoms with van der Waals surface area (Å²) >= 11 is 1.26. The molecular weight excluding hydrogens is 390 g/mol. The largest absolute Gasteiger partial charge is 0.412 e. The van der Waals surface area contributed by atoms with Gasteiger partial charge in [0.15, 0.2) is 0 Å². The zero-order valence-electron chi connectivity index (χ0n) is 16.1. The maximum atomic E-state index is 13.0. The number of carbonyl (C=O) groups is 2. The highest BCUT2D eigenvalue weighted by Crippen LogP contribution is 2.36. The van der Waals surface area contributed by atoms with E-state index in [1.807, 2.05) is 19.9 Å². The molecule has 8 nitrogen and oxygen atoms in total. The molecule has 1 aliphatic rings. The number of ether oxygens (including phenoxy) is 1. The van der Waals surface area contributed by atoms with E-state index in [4.69, 9.17) is 10.5 Å². The monoisotopic (exact) mass is 411 g/mol. The Morgan fingerprint density at radius 3 is 2.76 bits per heavy atom. The van der Waals surface area contributed by atoms with Crippen LogP contribution in [-0.2, 0) is 0 Å². The van der Waals surface area contributed by atoms with Crippen molar-refractivity contribution in [2.45, 2.75) is 26.3 Å². The lowest BCUT2D eigenvalue weighted by atomic mass is 10.1. The van der Waals surface area contributed by atoms with Crippen molar-refractivity contribution >= 4 is 39.2 Å². The van der Waals surface area contributed by atoms with Gasteiger partial charge in [0.25, 0.3) is 5.91 Å². The van der Waals surface area contributed by atoms with Gasteiger partial charge in [-0.15, -0.1) is 16.4 Å². The van der Waals surface area contributed by atoms with Crippen LogP contribution in [0.4, 0.5) is 10.5 Å². The number of hydrogen-bond acceptors (Lipinski definition) is 7. The van der Waals surface area contributed by atoms with Gasteiger partial charge >= 0.3 is 6.09 Å². The van der Waals surface area contributed by atoms with E-state index in [-0.39, 0.29) is 11.9 Å². The summed E-state index contributed by atoms with van der Waals surface area (Å²) < 4.78 is 5.25. The van der Waals surface area contributed by atoms with Crippen LogP contribution in [0.1, 0.15) is 27.3 Å². The molecule has 0 spiro atoms. The van der Waals surface area contributed by atoms with Crippen molar-refractivity contribution in [1.29, 1.82) is 0 Å². The summed E-state index contributed by atoms with van der Waals surface area (Å²) in [6, 6.07) is 8.68. The number of carbonyl (C=O) groups excluding carboxylic acids is 2. The summed E-state index contributed by atoms with van der Waals surface area (Å²) in [7, 11) is 0. The smallest absolute Gasteiger partial charge is 0.410 e. The van der Waals surface area contributed by atoms with Gasteiger partial charge in [0.2, 0.25) is 0 Å². The van der Waals surface area contributed by atoms with Crippen molar-refractivity contribution in [3.05, 3.63) is 46.5 Å². The summed E-state index contributed by atoms with van der Waals surface area (Å²) in [5, 5.41) is 11.9. The van der Waals surface area contributed by atoms with Gasteiger partial charge in [0.1, 0.15) is 15.5 Å². The standard InChI is InChI=1S/C20H21N5O3S/c1-11-12(2)23-24-18-15(11)16(21)17(29-18)19(26)25-9-8-13(10-25)22-20(27)28-14-6-4-3-5-7-14/h3-7,13H,8-10,21H2,1-2H3,(H,22,27). The molecule has 0 saturated carbocycles. The molecule has 1 saturated heterocycles. The van der Waals surface area contributed by atoms with E-state index in [1.165, 1.54) is 11.3 Å². The molecule has 0 radical (unpaired) electrons. The van der Waals surface area contributed by atoms with Gasteiger partial charge in [0, 0.05) is 18.5 Å². The number of aryl methyl sites for hydroxylation is 2.